The van der Waals surface area contributed by atoms with Crippen molar-refractivity contribution in [1.82, 2.24) is 13.9 Å². The highest BCUT2D eigenvalue weighted by Gasteiger charge is 2.32. The van der Waals surface area contributed by atoms with Crippen molar-refractivity contribution >= 4 is 21.6 Å². The number of carbonyl (C=O) groups excluding carboxylic acids is 1. The molecule has 1 N–H and O–H groups in total. The number of nitrogens with zero attached hydrogens (tertiary/aromatic N) is 3. The lowest BCUT2D eigenvalue weighted by atomic mass is 10.3. The molecule has 0 aromatic carbocycles. The molecular formula is C16H11F3N4O3S. The zero-order chi connectivity index (χ0) is 19.7. The fourth-order valence-electron chi connectivity index (χ4n) is 2.11. The summed E-state index contributed by atoms with van der Waals surface area (Å²) in [7, 11) is -4.16. The second kappa shape index (κ2) is 6.83. The molecule has 0 radical (unpaired) electrons. The maximum atomic E-state index is 12.5. The number of anilines is 1. The van der Waals surface area contributed by atoms with Gasteiger partial charge in [-0.1, -0.05) is 6.07 Å². The first kappa shape index (κ1) is 18.6. The molecule has 27 heavy (non-hydrogen) atoms. The summed E-state index contributed by atoms with van der Waals surface area (Å²) in [6.45, 7) is 0. The number of nitrogens with one attached hydrogen (secondary N) is 1. The van der Waals surface area contributed by atoms with Crippen LogP contribution in [0.15, 0.2) is 66.1 Å². The zero-order valence-electron chi connectivity index (χ0n) is 13.4. The largest absolute Gasteiger partial charge is 0.433 e. The number of hydrogen-bond donors (Lipinski definition) is 1. The molecule has 0 aliphatic rings. The minimum atomic E-state index is -4.67. The summed E-state index contributed by atoms with van der Waals surface area (Å²) < 4.78 is 63.4. The molecule has 7 nitrogen and oxygen atoms in total. The van der Waals surface area contributed by atoms with E-state index in [-0.39, 0.29) is 11.4 Å². The molecule has 3 aromatic heterocycles. The number of rotatable bonds is 4. The highest BCUT2D eigenvalue weighted by molar-refractivity contribution is 7.90. The van der Waals surface area contributed by atoms with Gasteiger partial charge in [0.15, 0.2) is 0 Å². The van der Waals surface area contributed by atoms with Crippen LogP contribution >= 0.6 is 0 Å². The van der Waals surface area contributed by atoms with Crippen molar-refractivity contribution in [1.29, 1.82) is 0 Å². The molecule has 1 amide bonds. The predicted octanol–water partition coefficient (Wildman–Crippen LogP) is 2.79. The summed E-state index contributed by atoms with van der Waals surface area (Å²) >= 11 is 0. The SMILES string of the molecule is O=C(Nc1ccn(S(=O)(=O)c2ccc(C(F)(F)F)nc2)c1)c1ccccn1. The Morgan fingerprint density at radius 3 is 2.44 bits per heavy atom. The summed E-state index contributed by atoms with van der Waals surface area (Å²) in [6, 6.07) is 7.47. The van der Waals surface area contributed by atoms with E-state index in [1.165, 1.54) is 18.3 Å². The number of amides is 1. The van der Waals surface area contributed by atoms with Crippen molar-refractivity contribution in [3.8, 4) is 0 Å². The summed E-state index contributed by atoms with van der Waals surface area (Å²) in [5.41, 5.74) is -0.883. The van der Waals surface area contributed by atoms with E-state index < -0.39 is 32.7 Å². The van der Waals surface area contributed by atoms with Gasteiger partial charge in [0.25, 0.3) is 15.9 Å². The monoisotopic (exact) mass is 396 g/mol. The molecule has 0 unspecified atom stereocenters. The Hall–Kier alpha value is -3.21. The van der Waals surface area contributed by atoms with Crippen LogP contribution in [0.25, 0.3) is 0 Å². The van der Waals surface area contributed by atoms with Gasteiger partial charge in [-0.25, -0.2) is 12.4 Å². The number of hydrogen-bond acceptors (Lipinski definition) is 5. The average molecular weight is 396 g/mol. The van der Waals surface area contributed by atoms with Crippen LogP contribution in [0.5, 0.6) is 0 Å². The van der Waals surface area contributed by atoms with Crippen molar-refractivity contribution < 1.29 is 26.4 Å². The Bertz CT molecular complexity index is 1060. The molecule has 0 aliphatic heterocycles. The van der Waals surface area contributed by atoms with Gasteiger partial charge in [-0.15, -0.1) is 0 Å². The maximum absolute atomic E-state index is 12.5. The van der Waals surface area contributed by atoms with Crippen molar-refractivity contribution in [3.63, 3.8) is 0 Å². The van der Waals surface area contributed by atoms with E-state index in [1.807, 2.05) is 0 Å². The van der Waals surface area contributed by atoms with Gasteiger partial charge in [0.2, 0.25) is 0 Å². The van der Waals surface area contributed by atoms with Crippen LogP contribution in [-0.2, 0) is 16.2 Å². The fraction of sp³-hybridized carbons (Fsp3) is 0.0625. The number of pyridine rings is 2. The van der Waals surface area contributed by atoms with Gasteiger partial charge in [-0.2, -0.15) is 13.2 Å². The minimum absolute atomic E-state index is 0.139. The summed E-state index contributed by atoms with van der Waals surface area (Å²) in [5, 5.41) is 2.48. The lowest BCUT2D eigenvalue weighted by Crippen LogP contribution is -2.14. The second-order valence-electron chi connectivity index (χ2n) is 5.28. The number of halogens is 3. The Morgan fingerprint density at radius 1 is 1.07 bits per heavy atom. The van der Waals surface area contributed by atoms with E-state index in [9.17, 15) is 26.4 Å². The minimum Gasteiger partial charge on any atom is -0.319 e. The van der Waals surface area contributed by atoms with E-state index in [2.05, 4.69) is 15.3 Å². The molecule has 3 aromatic rings. The molecule has 0 saturated heterocycles. The van der Waals surface area contributed by atoms with E-state index >= 15 is 0 Å². The van der Waals surface area contributed by atoms with Crippen LogP contribution < -0.4 is 5.32 Å². The third-order valence-corrected chi connectivity index (χ3v) is 5.04. The third-order valence-electron chi connectivity index (χ3n) is 3.42. The van der Waals surface area contributed by atoms with E-state index in [0.29, 0.717) is 12.3 Å². The van der Waals surface area contributed by atoms with E-state index in [0.717, 1.165) is 22.4 Å². The smallest absolute Gasteiger partial charge is 0.319 e. The van der Waals surface area contributed by atoms with E-state index in [4.69, 9.17) is 0 Å². The molecular weight excluding hydrogens is 385 g/mol. The number of carbonyl (C=O) groups is 1. The van der Waals surface area contributed by atoms with Crippen LogP contribution in [0, 0.1) is 0 Å². The van der Waals surface area contributed by atoms with Crippen molar-refractivity contribution in [2.24, 2.45) is 0 Å². The fourth-order valence-corrected chi connectivity index (χ4v) is 3.26. The maximum Gasteiger partial charge on any atom is 0.433 e. The Kier molecular flexibility index (Phi) is 4.70. The highest BCUT2D eigenvalue weighted by atomic mass is 32.2. The molecule has 0 bridgehead atoms. The lowest BCUT2D eigenvalue weighted by Gasteiger charge is -2.08. The Morgan fingerprint density at radius 2 is 1.85 bits per heavy atom. The first-order valence-electron chi connectivity index (χ1n) is 7.37. The molecule has 140 valence electrons. The Balaban J connectivity index is 1.81. The second-order valence-corrected chi connectivity index (χ2v) is 7.12. The third kappa shape index (κ3) is 3.97. The van der Waals surface area contributed by atoms with Gasteiger partial charge in [-0.3, -0.25) is 14.8 Å². The molecule has 0 spiro atoms. The molecule has 0 aliphatic carbocycles. The quantitative estimate of drug-likeness (QED) is 0.732. The normalized spacial score (nSPS) is 12.0. The van der Waals surface area contributed by atoms with Crippen molar-refractivity contribution in [2.75, 3.05) is 5.32 Å². The first-order valence-corrected chi connectivity index (χ1v) is 8.81. The molecule has 11 heteroatoms. The highest BCUT2D eigenvalue weighted by Crippen LogP contribution is 2.28. The number of aromatic nitrogens is 3. The van der Waals surface area contributed by atoms with Gasteiger partial charge in [0.1, 0.15) is 16.3 Å². The van der Waals surface area contributed by atoms with Gasteiger partial charge >= 0.3 is 6.18 Å². The van der Waals surface area contributed by atoms with Gasteiger partial charge in [-0.05, 0) is 30.3 Å². The van der Waals surface area contributed by atoms with Gasteiger partial charge in [0.05, 0.1) is 5.69 Å². The Labute approximate surface area is 151 Å². The van der Waals surface area contributed by atoms with Gasteiger partial charge in [0, 0.05) is 24.8 Å². The van der Waals surface area contributed by atoms with E-state index in [1.54, 1.807) is 12.1 Å². The molecule has 0 atom stereocenters. The lowest BCUT2D eigenvalue weighted by molar-refractivity contribution is -0.141. The van der Waals surface area contributed by atoms with Crippen LogP contribution in [0.2, 0.25) is 0 Å². The topological polar surface area (TPSA) is 94.0 Å². The van der Waals surface area contributed by atoms with Crippen molar-refractivity contribution in [3.05, 3.63) is 72.6 Å². The molecule has 0 saturated carbocycles. The van der Waals surface area contributed by atoms with Crippen LogP contribution in [0.3, 0.4) is 0 Å². The average Bonchev–Trinajstić information content (AvgIpc) is 3.11. The van der Waals surface area contributed by atoms with Crippen LogP contribution in [0.1, 0.15) is 16.2 Å². The standard InChI is InChI=1S/C16H11F3N4O3S/c17-16(18,19)14-5-4-12(9-21-14)27(25,26)23-8-6-11(10-23)22-15(24)13-3-1-2-7-20-13/h1-10H,(H,22,24). The predicted molar refractivity (Wildman–Crippen MR) is 88.4 cm³/mol. The summed E-state index contributed by atoms with van der Waals surface area (Å²) in [6.07, 6.45) is -0.333. The zero-order valence-corrected chi connectivity index (χ0v) is 14.2. The van der Waals surface area contributed by atoms with Crippen molar-refractivity contribution in [2.45, 2.75) is 11.1 Å². The molecule has 3 rings (SSSR count). The van der Waals surface area contributed by atoms with Gasteiger partial charge < -0.3 is 5.32 Å². The van der Waals surface area contributed by atoms with Crippen LogP contribution in [0.4, 0.5) is 18.9 Å². The number of alkyl halides is 3. The molecule has 3 heterocycles. The summed E-state index contributed by atoms with van der Waals surface area (Å²) in [5.74, 6) is -0.540. The summed E-state index contributed by atoms with van der Waals surface area (Å²) in [4.78, 5) is 18.6. The molecule has 0 fully saturated rings. The van der Waals surface area contributed by atoms with Crippen LogP contribution in [-0.4, -0.2) is 28.3 Å². The first-order chi connectivity index (χ1) is 12.7.